The summed E-state index contributed by atoms with van der Waals surface area (Å²) in [5.74, 6) is 1.17. The highest BCUT2D eigenvalue weighted by molar-refractivity contribution is 5.94. The van der Waals surface area contributed by atoms with Crippen molar-refractivity contribution in [2.24, 2.45) is 11.7 Å². The van der Waals surface area contributed by atoms with Gasteiger partial charge in [-0.25, -0.2) is 0 Å². The van der Waals surface area contributed by atoms with Crippen molar-refractivity contribution in [3.05, 3.63) is 29.3 Å². The van der Waals surface area contributed by atoms with Crippen molar-refractivity contribution in [3.8, 4) is 5.75 Å². The van der Waals surface area contributed by atoms with Crippen molar-refractivity contribution >= 4 is 18.3 Å². The molecule has 120 valence electrons. The molecule has 0 saturated carbocycles. The fraction of sp³-hybridized carbons (Fsp3) is 0.562. The Balaban J connectivity index is 0.00000400. The first-order valence-electron chi connectivity index (χ1n) is 7.02. The van der Waals surface area contributed by atoms with Crippen LogP contribution in [0.15, 0.2) is 18.2 Å². The first kappa shape index (κ1) is 19.7. The van der Waals surface area contributed by atoms with Crippen LogP contribution in [-0.4, -0.2) is 37.6 Å². The van der Waals surface area contributed by atoms with Crippen molar-refractivity contribution in [3.63, 3.8) is 0 Å². The first-order valence-corrected chi connectivity index (χ1v) is 7.02. The van der Waals surface area contributed by atoms with Crippen LogP contribution in [0.5, 0.6) is 5.75 Å². The molecule has 2 N–H and O–H groups in total. The molecule has 1 aromatic rings. The van der Waals surface area contributed by atoms with E-state index < -0.39 is 0 Å². The number of rotatable bonds is 6. The van der Waals surface area contributed by atoms with Crippen LogP contribution in [-0.2, 0) is 0 Å². The van der Waals surface area contributed by atoms with Gasteiger partial charge < -0.3 is 15.4 Å². The van der Waals surface area contributed by atoms with Gasteiger partial charge in [0.1, 0.15) is 5.75 Å². The molecule has 5 heteroatoms. The molecule has 1 atom stereocenters. The van der Waals surface area contributed by atoms with Gasteiger partial charge >= 0.3 is 0 Å². The van der Waals surface area contributed by atoms with Crippen LogP contribution in [0, 0.1) is 12.8 Å². The number of benzene rings is 1. The van der Waals surface area contributed by atoms with Crippen LogP contribution in [0.3, 0.4) is 0 Å². The molecule has 0 aliphatic rings. The van der Waals surface area contributed by atoms with E-state index in [1.54, 1.807) is 18.1 Å². The molecule has 0 aliphatic carbocycles. The van der Waals surface area contributed by atoms with E-state index in [9.17, 15) is 4.79 Å². The monoisotopic (exact) mass is 314 g/mol. The van der Waals surface area contributed by atoms with Crippen LogP contribution < -0.4 is 10.5 Å². The summed E-state index contributed by atoms with van der Waals surface area (Å²) in [7, 11) is 3.42. The molecule has 0 aliphatic heterocycles. The Morgan fingerprint density at radius 3 is 2.52 bits per heavy atom. The highest BCUT2D eigenvalue weighted by Crippen LogP contribution is 2.20. The number of halogens is 1. The summed E-state index contributed by atoms with van der Waals surface area (Å²) in [6.45, 7) is 6.81. The minimum atomic E-state index is -0.000689. The van der Waals surface area contributed by atoms with Gasteiger partial charge in [0.2, 0.25) is 0 Å². The van der Waals surface area contributed by atoms with Crippen molar-refractivity contribution in [1.82, 2.24) is 4.90 Å². The minimum absolute atomic E-state index is 0. The number of hydrogen-bond acceptors (Lipinski definition) is 3. The fourth-order valence-electron chi connectivity index (χ4n) is 1.95. The Labute approximate surface area is 134 Å². The lowest BCUT2D eigenvalue weighted by Crippen LogP contribution is -2.34. The summed E-state index contributed by atoms with van der Waals surface area (Å²) in [5, 5.41) is 0. The van der Waals surface area contributed by atoms with Crippen molar-refractivity contribution in [2.45, 2.75) is 33.2 Å². The average Bonchev–Trinajstić information content (AvgIpc) is 2.43. The second-order valence-electron chi connectivity index (χ2n) is 5.61. The second kappa shape index (κ2) is 8.90. The zero-order valence-corrected chi connectivity index (χ0v) is 14.4. The van der Waals surface area contributed by atoms with Gasteiger partial charge in [0, 0.05) is 25.2 Å². The standard InChI is InChI=1S/C16H26N2O2.ClH/c1-11(2)14(17)8-9-18(4)16(19)13-7-6-12(3)15(10-13)20-5;/h6-7,10-11,14H,8-9,17H2,1-5H3;1H. The van der Waals surface area contributed by atoms with E-state index in [0.29, 0.717) is 18.0 Å². The number of carbonyl (C=O) groups is 1. The van der Waals surface area contributed by atoms with Crippen LogP contribution in [0.4, 0.5) is 0 Å². The zero-order chi connectivity index (χ0) is 15.3. The molecule has 1 unspecified atom stereocenters. The molecule has 1 amide bonds. The average molecular weight is 315 g/mol. The van der Waals surface area contributed by atoms with Crippen molar-refractivity contribution in [2.75, 3.05) is 20.7 Å². The van der Waals surface area contributed by atoms with E-state index in [4.69, 9.17) is 10.5 Å². The molecule has 21 heavy (non-hydrogen) atoms. The Hall–Kier alpha value is -1.26. The predicted molar refractivity (Wildman–Crippen MR) is 89.4 cm³/mol. The van der Waals surface area contributed by atoms with E-state index in [0.717, 1.165) is 17.7 Å². The summed E-state index contributed by atoms with van der Waals surface area (Å²) in [5.41, 5.74) is 7.68. The lowest BCUT2D eigenvalue weighted by atomic mass is 10.0. The molecule has 0 radical (unpaired) electrons. The summed E-state index contributed by atoms with van der Waals surface area (Å²) in [4.78, 5) is 14.1. The molecule has 0 saturated heterocycles. The minimum Gasteiger partial charge on any atom is -0.496 e. The third-order valence-corrected chi connectivity index (χ3v) is 3.66. The summed E-state index contributed by atoms with van der Waals surface area (Å²) in [6, 6.07) is 5.65. The maximum atomic E-state index is 12.3. The van der Waals surface area contributed by atoms with E-state index in [2.05, 4.69) is 13.8 Å². The summed E-state index contributed by atoms with van der Waals surface area (Å²) < 4.78 is 5.25. The Kier molecular flexibility index (Phi) is 8.37. The zero-order valence-electron chi connectivity index (χ0n) is 13.6. The molecule has 0 heterocycles. The maximum Gasteiger partial charge on any atom is 0.253 e. The third-order valence-electron chi connectivity index (χ3n) is 3.66. The smallest absolute Gasteiger partial charge is 0.253 e. The highest BCUT2D eigenvalue weighted by atomic mass is 35.5. The molecule has 0 spiro atoms. The molecular formula is C16H27ClN2O2. The number of nitrogens with zero attached hydrogens (tertiary/aromatic N) is 1. The molecule has 0 bridgehead atoms. The molecule has 1 aromatic carbocycles. The SMILES string of the molecule is COc1cc(C(=O)N(C)CCC(N)C(C)C)ccc1C.Cl. The Bertz CT molecular complexity index is 464. The van der Waals surface area contributed by atoms with Gasteiger partial charge in [0.25, 0.3) is 5.91 Å². The largest absolute Gasteiger partial charge is 0.496 e. The second-order valence-corrected chi connectivity index (χ2v) is 5.61. The predicted octanol–water partition coefficient (Wildman–Crippen LogP) is 2.87. The lowest BCUT2D eigenvalue weighted by molar-refractivity contribution is 0.0789. The fourth-order valence-corrected chi connectivity index (χ4v) is 1.95. The van der Waals surface area contributed by atoms with Gasteiger partial charge in [-0.3, -0.25) is 4.79 Å². The quantitative estimate of drug-likeness (QED) is 0.878. The topological polar surface area (TPSA) is 55.6 Å². The normalized spacial score (nSPS) is 11.8. The molecular weight excluding hydrogens is 288 g/mol. The molecule has 4 nitrogen and oxygen atoms in total. The lowest BCUT2D eigenvalue weighted by Gasteiger charge is -2.22. The summed E-state index contributed by atoms with van der Waals surface area (Å²) >= 11 is 0. The first-order chi connectivity index (χ1) is 9.36. The van der Waals surface area contributed by atoms with Gasteiger partial charge in [0.15, 0.2) is 0 Å². The van der Waals surface area contributed by atoms with Crippen LogP contribution >= 0.6 is 12.4 Å². The number of methoxy groups -OCH3 is 1. The molecule has 1 rings (SSSR count). The summed E-state index contributed by atoms with van der Waals surface area (Å²) in [6.07, 6.45) is 0.808. The Morgan fingerprint density at radius 1 is 1.38 bits per heavy atom. The highest BCUT2D eigenvalue weighted by Gasteiger charge is 2.15. The van der Waals surface area contributed by atoms with Crippen molar-refractivity contribution < 1.29 is 9.53 Å². The number of hydrogen-bond donors (Lipinski definition) is 1. The van der Waals surface area contributed by atoms with Crippen molar-refractivity contribution in [1.29, 1.82) is 0 Å². The number of amides is 1. The van der Waals surface area contributed by atoms with Gasteiger partial charge in [0.05, 0.1) is 7.11 Å². The van der Waals surface area contributed by atoms with Crippen LogP contribution in [0.1, 0.15) is 36.2 Å². The number of aryl methyl sites for hydroxylation is 1. The third kappa shape index (κ3) is 5.56. The molecule has 0 aromatic heterocycles. The molecule has 0 fully saturated rings. The van der Waals surface area contributed by atoms with Gasteiger partial charge in [-0.2, -0.15) is 0 Å². The van der Waals surface area contributed by atoms with Gasteiger partial charge in [-0.1, -0.05) is 19.9 Å². The van der Waals surface area contributed by atoms with Crippen LogP contribution in [0.25, 0.3) is 0 Å². The maximum absolute atomic E-state index is 12.3. The van der Waals surface area contributed by atoms with Gasteiger partial charge in [-0.15, -0.1) is 12.4 Å². The number of carbonyl (C=O) groups excluding carboxylic acids is 1. The number of ether oxygens (including phenoxy) is 1. The Morgan fingerprint density at radius 2 is 2.00 bits per heavy atom. The van der Waals surface area contributed by atoms with E-state index in [-0.39, 0.29) is 24.4 Å². The van der Waals surface area contributed by atoms with E-state index >= 15 is 0 Å². The van der Waals surface area contributed by atoms with Gasteiger partial charge in [-0.05, 0) is 37.0 Å². The van der Waals surface area contributed by atoms with Crippen LogP contribution in [0.2, 0.25) is 0 Å². The van der Waals surface area contributed by atoms with E-state index in [1.807, 2.05) is 26.1 Å². The number of nitrogens with two attached hydrogens (primary N) is 1. The van der Waals surface area contributed by atoms with E-state index in [1.165, 1.54) is 0 Å².